The first kappa shape index (κ1) is 16.0. The molecule has 118 valence electrons. The van der Waals surface area contributed by atoms with Crippen molar-refractivity contribution in [3.05, 3.63) is 35.4 Å². The average Bonchev–Trinajstić information content (AvgIpc) is 3.07. The van der Waals surface area contributed by atoms with Crippen LogP contribution in [0.5, 0.6) is 0 Å². The van der Waals surface area contributed by atoms with Crippen LogP contribution in [0.2, 0.25) is 0 Å². The first-order valence-electron chi connectivity index (χ1n) is 7.31. The number of methoxy groups -OCH3 is 1. The molecule has 0 aliphatic carbocycles. The van der Waals surface area contributed by atoms with Gasteiger partial charge in [-0.2, -0.15) is 0 Å². The summed E-state index contributed by atoms with van der Waals surface area (Å²) in [6, 6.07) is 5.63. The summed E-state index contributed by atoms with van der Waals surface area (Å²) in [4.78, 5) is 37.6. The zero-order chi connectivity index (χ0) is 16.1. The number of carbonyl (C=O) groups is 3. The topological polar surface area (TPSA) is 75.7 Å². The third-order valence-corrected chi connectivity index (χ3v) is 3.68. The largest absolute Gasteiger partial charge is 0.465 e. The molecule has 6 nitrogen and oxygen atoms in total. The first-order valence-corrected chi connectivity index (χ1v) is 7.31. The minimum Gasteiger partial charge on any atom is -0.465 e. The van der Waals surface area contributed by atoms with Crippen LogP contribution < -0.4 is 5.32 Å². The molecule has 0 spiro atoms. The van der Waals surface area contributed by atoms with Crippen LogP contribution in [0.15, 0.2) is 24.3 Å². The number of benzene rings is 1. The number of nitrogens with zero attached hydrogens (tertiary/aromatic N) is 1. The van der Waals surface area contributed by atoms with E-state index in [1.807, 2.05) is 0 Å². The quantitative estimate of drug-likeness (QED) is 0.849. The van der Waals surface area contributed by atoms with Gasteiger partial charge in [0.2, 0.25) is 5.91 Å². The van der Waals surface area contributed by atoms with E-state index in [9.17, 15) is 14.4 Å². The fraction of sp³-hybridized carbons (Fsp3) is 0.438. The van der Waals surface area contributed by atoms with E-state index in [1.165, 1.54) is 13.2 Å². The summed E-state index contributed by atoms with van der Waals surface area (Å²) in [5, 5.41) is 2.67. The summed E-state index contributed by atoms with van der Waals surface area (Å²) in [7, 11) is 1.28. The second kappa shape index (κ2) is 7.06. The van der Waals surface area contributed by atoms with Crippen LogP contribution >= 0.6 is 0 Å². The van der Waals surface area contributed by atoms with Crippen molar-refractivity contribution in [2.24, 2.45) is 0 Å². The summed E-state index contributed by atoms with van der Waals surface area (Å²) in [5.41, 5.74) is 0.623. The van der Waals surface area contributed by atoms with Gasteiger partial charge in [0.05, 0.1) is 12.7 Å². The van der Waals surface area contributed by atoms with Crippen molar-refractivity contribution < 1.29 is 19.1 Å². The highest BCUT2D eigenvalue weighted by molar-refractivity contribution is 5.99. The third kappa shape index (κ3) is 3.63. The van der Waals surface area contributed by atoms with Crippen molar-refractivity contribution >= 4 is 17.8 Å². The molecule has 1 saturated heterocycles. The van der Waals surface area contributed by atoms with Crippen LogP contribution in [0.3, 0.4) is 0 Å². The van der Waals surface area contributed by atoms with E-state index in [0.717, 1.165) is 25.9 Å². The van der Waals surface area contributed by atoms with Crippen molar-refractivity contribution in [2.45, 2.75) is 25.8 Å². The molecule has 0 aromatic heterocycles. The Morgan fingerprint density at radius 3 is 2.45 bits per heavy atom. The molecular formula is C16H20N2O4. The lowest BCUT2D eigenvalue weighted by molar-refractivity contribution is -0.131. The number of esters is 1. The number of hydrogen-bond acceptors (Lipinski definition) is 4. The van der Waals surface area contributed by atoms with Crippen LogP contribution in [0.1, 0.15) is 40.5 Å². The number of rotatable bonds is 4. The Kier molecular flexibility index (Phi) is 5.14. The molecule has 1 fully saturated rings. The van der Waals surface area contributed by atoms with E-state index in [-0.39, 0.29) is 11.8 Å². The average molecular weight is 304 g/mol. The van der Waals surface area contributed by atoms with E-state index >= 15 is 0 Å². The highest BCUT2D eigenvalue weighted by Gasteiger charge is 2.24. The standard InChI is InChI=1S/C16H20N2O4/c1-11(15(20)18-8-3-4-9-18)17-14(19)12-6-5-7-13(10-12)16(21)22-2/h5-7,10-11H,3-4,8-9H2,1-2H3,(H,17,19)/t11-/m0/s1. The highest BCUT2D eigenvalue weighted by atomic mass is 16.5. The lowest BCUT2D eigenvalue weighted by Gasteiger charge is -2.21. The van der Waals surface area contributed by atoms with E-state index in [1.54, 1.807) is 30.0 Å². The molecule has 2 amide bonds. The fourth-order valence-electron chi connectivity index (χ4n) is 2.46. The number of nitrogens with one attached hydrogen (secondary N) is 1. The minimum absolute atomic E-state index is 0.0741. The Morgan fingerprint density at radius 1 is 1.18 bits per heavy atom. The Morgan fingerprint density at radius 2 is 1.82 bits per heavy atom. The van der Waals surface area contributed by atoms with Crippen molar-refractivity contribution in [1.82, 2.24) is 10.2 Å². The maximum Gasteiger partial charge on any atom is 0.337 e. The maximum atomic E-state index is 12.2. The van der Waals surface area contributed by atoms with Gasteiger partial charge in [-0.25, -0.2) is 4.79 Å². The molecule has 1 N–H and O–H groups in total. The van der Waals surface area contributed by atoms with Gasteiger partial charge >= 0.3 is 5.97 Å². The maximum absolute atomic E-state index is 12.2. The summed E-state index contributed by atoms with van der Waals surface area (Å²) in [5.74, 6) is -0.961. The van der Waals surface area contributed by atoms with Gasteiger partial charge in [-0.3, -0.25) is 9.59 Å². The predicted octanol–water partition coefficient (Wildman–Crippen LogP) is 1.21. The number of ether oxygens (including phenoxy) is 1. The molecular weight excluding hydrogens is 284 g/mol. The van der Waals surface area contributed by atoms with Gasteiger partial charge < -0.3 is 15.0 Å². The van der Waals surface area contributed by atoms with Crippen molar-refractivity contribution in [3.63, 3.8) is 0 Å². The summed E-state index contributed by atoms with van der Waals surface area (Å²) in [6.45, 7) is 3.16. The van der Waals surface area contributed by atoms with Crippen molar-refractivity contribution in [1.29, 1.82) is 0 Å². The van der Waals surface area contributed by atoms with E-state index in [2.05, 4.69) is 10.1 Å². The summed E-state index contributed by atoms with van der Waals surface area (Å²) >= 11 is 0. The molecule has 1 heterocycles. The predicted molar refractivity (Wildman–Crippen MR) is 80.5 cm³/mol. The monoisotopic (exact) mass is 304 g/mol. The van der Waals surface area contributed by atoms with Crippen LogP contribution in [-0.4, -0.2) is 48.9 Å². The molecule has 0 saturated carbocycles. The lowest BCUT2D eigenvalue weighted by Crippen LogP contribution is -2.45. The number of likely N-dealkylation sites (tertiary alicyclic amines) is 1. The molecule has 1 atom stereocenters. The number of amides is 2. The van der Waals surface area contributed by atoms with Gasteiger partial charge in [-0.05, 0) is 38.0 Å². The normalized spacial score (nSPS) is 15.3. The Labute approximate surface area is 129 Å². The van der Waals surface area contributed by atoms with Crippen molar-refractivity contribution in [3.8, 4) is 0 Å². The highest BCUT2D eigenvalue weighted by Crippen LogP contribution is 2.10. The summed E-state index contributed by atoms with van der Waals surface area (Å²) < 4.78 is 4.63. The van der Waals surface area contributed by atoms with Gasteiger partial charge in [0, 0.05) is 18.7 Å². The van der Waals surface area contributed by atoms with Gasteiger partial charge in [-0.15, -0.1) is 0 Å². The Balaban J connectivity index is 2.02. The van der Waals surface area contributed by atoms with Crippen LogP contribution in [-0.2, 0) is 9.53 Å². The molecule has 2 rings (SSSR count). The second-order valence-corrected chi connectivity index (χ2v) is 5.30. The lowest BCUT2D eigenvalue weighted by atomic mass is 10.1. The van der Waals surface area contributed by atoms with Crippen LogP contribution in [0, 0.1) is 0 Å². The molecule has 22 heavy (non-hydrogen) atoms. The molecule has 0 unspecified atom stereocenters. The van der Waals surface area contributed by atoms with Gasteiger partial charge in [0.25, 0.3) is 5.91 Å². The van der Waals surface area contributed by atoms with Gasteiger partial charge in [0.15, 0.2) is 0 Å². The first-order chi connectivity index (χ1) is 10.5. The van der Waals surface area contributed by atoms with Crippen molar-refractivity contribution in [2.75, 3.05) is 20.2 Å². The number of carbonyl (C=O) groups excluding carboxylic acids is 3. The SMILES string of the molecule is COC(=O)c1cccc(C(=O)N[C@@H](C)C(=O)N2CCCC2)c1. The molecule has 6 heteroatoms. The third-order valence-electron chi connectivity index (χ3n) is 3.68. The number of hydrogen-bond donors (Lipinski definition) is 1. The summed E-state index contributed by atoms with van der Waals surface area (Å²) in [6.07, 6.45) is 2.02. The molecule has 1 aromatic carbocycles. The molecule has 1 aliphatic rings. The zero-order valence-electron chi connectivity index (χ0n) is 12.8. The molecule has 0 radical (unpaired) electrons. The molecule has 1 aliphatic heterocycles. The fourth-order valence-corrected chi connectivity index (χ4v) is 2.46. The second-order valence-electron chi connectivity index (χ2n) is 5.30. The smallest absolute Gasteiger partial charge is 0.337 e. The van der Waals surface area contributed by atoms with Gasteiger partial charge in [0.1, 0.15) is 6.04 Å². The Hall–Kier alpha value is -2.37. The minimum atomic E-state index is -0.590. The van der Waals surface area contributed by atoms with E-state index < -0.39 is 12.0 Å². The molecule has 0 bridgehead atoms. The Bertz CT molecular complexity index is 579. The van der Waals surface area contributed by atoms with E-state index in [4.69, 9.17) is 0 Å². The van der Waals surface area contributed by atoms with Crippen LogP contribution in [0.4, 0.5) is 0 Å². The molecule has 1 aromatic rings. The van der Waals surface area contributed by atoms with E-state index in [0.29, 0.717) is 11.1 Å². The zero-order valence-corrected chi connectivity index (χ0v) is 12.8. The van der Waals surface area contributed by atoms with Gasteiger partial charge in [-0.1, -0.05) is 6.07 Å². The van der Waals surface area contributed by atoms with Crippen LogP contribution in [0.25, 0.3) is 0 Å².